The van der Waals surface area contributed by atoms with Gasteiger partial charge < -0.3 is 9.47 Å². The van der Waals surface area contributed by atoms with Crippen LogP contribution in [0, 0.1) is 19.8 Å². The van der Waals surface area contributed by atoms with Crippen molar-refractivity contribution in [3.63, 3.8) is 0 Å². The van der Waals surface area contributed by atoms with Crippen LogP contribution in [0.4, 0.5) is 0 Å². The first-order valence-corrected chi connectivity index (χ1v) is 10.5. The second kappa shape index (κ2) is 8.07. The molecule has 0 fully saturated rings. The molecule has 146 valence electrons. The zero-order valence-electron chi connectivity index (χ0n) is 16.5. The van der Waals surface area contributed by atoms with Crippen LogP contribution in [0.25, 0.3) is 0 Å². The number of methoxy groups -OCH3 is 1. The maximum Gasteiger partial charge on any atom is 0.206 e. The monoisotopic (exact) mass is 396 g/mol. The van der Waals surface area contributed by atoms with E-state index in [0.717, 1.165) is 16.9 Å². The fraction of sp³-hybridized carbons (Fsp3) is 0.217. The van der Waals surface area contributed by atoms with Crippen LogP contribution in [0.5, 0.6) is 5.75 Å². The van der Waals surface area contributed by atoms with Gasteiger partial charge in [0.15, 0.2) is 0 Å². The van der Waals surface area contributed by atoms with Crippen LogP contribution in [0.3, 0.4) is 0 Å². The standard InChI is InChI=1S/C23H24O4S/c1-16-13-20(26-4)6-7-21(14-16)27-19-8-11-22(12-9-19)28(24,25)23-10-5-17(2)18(3)15-23/h5-16H,1-4H3/t16-/m1/s1. The molecule has 0 saturated heterocycles. The molecule has 0 radical (unpaired) electrons. The van der Waals surface area contributed by atoms with Crippen molar-refractivity contribution < 1.29 is 17.9 Å². The Morgan fingerprint density at radius 1 is 0.821 bits per heavy atom. The molecule has 0 unspecified atom stereocenters. The van der Waals surface area contributed by atoms with E-state index >= 15 is 0 Å². The highest BCUT2D eigenvalue weighted by molar-refractivity contribution is 7.91. The Balaban J connectivity index is 1.81. The number of hydrogen-bond donors (Lipinski definition) is 0. The van der Waals surface area contributed by atoms with Crippen LogP contribution in [0.1, 0.15) is 18.1 Å². The van der Waals surface area contributed by atoms with Gasteiger partial charge in [0.05, 0.1) is 16.9 Å². The Morgan fingerprint density at radius 2 is 1.43 bits per heavy atom. The Bertz CT molecular complexity index is 1060. The van der Waals surface area contributed by atoms with Crippen LogP contribution >= 0.6 is 0 Å². The van der Waals surface area contributed by atoms with Gasteiger partial charge in [0, 0.05) is 0 Å². The van der Waals surface area contributed by atoms with Gasteiger partial charge in [-0.15, -0.1) is 0 Å². The quantitative estimate of drug-likeness (QED) is 0.703. The number of aryl methyl sites for hydroxylation is 2. The molecule has 0 spiro atoms. The van der Waals surface area contributed by atoms with Crippen molar-refractivity contribution in [2.45, 2.75) is 30.6 Å². The van der Waals surface area contributed by atoms with E-state index in [0.29, 0.717) is 16.4 Å². The lowest BCUT2D eigenvalue weighted by atomic mass is 10.1. The number of hydrogen-bond acceptors (Lipinski definition) is 4. The Hall–Kier alpha value is -2.79. The topological polar surface area (TPSA) is 52.6 Å². The smallest absolute Gasteiger partial charge is 0.206 e. The minimum atomic E-state index is -3.56. The zero-order valence-corrected chi connectivity index (χ0v) is 17.3. The molecule has 2 aromatic carbocycles. The molecule has 0 N–H and O–H groups in total. The summed E-state index contributed by atoms with van der Waals surface area (Å²) in [4.78, 5) is 0.538. The summed E-state index contributed by atoms with van der Waals surface area (Å²) >= 11 is 0. The fourth-order valence-electron chi connectivity index (χ4n) is 2.89. The molecule has 0 aliphatic heterocycles. The Labute approximate surface area is 166 Å². The summed E-state index contributed by atoms with van der Waals surface area (Å²) in [6.07, 6.45) is 7.64. The number of allylic oxidation sites excluding steroid dienone is 4. The highest BCUT2D eigenvalue weighted by Gasteiger charge is 2.18. The first-order chi connectivity index (χ1) is 13.3. The molecule has 4 nitrogen and oxygen atoms in total. The van der Waals surface area contributed by atoms with Gasteiger partial charge in [-0.3, -0.25) is 0 Å². The lowest BCUT2D eigenvalue weighted by Gasteiger charge is -2.10. The fourth-order valence-corrected chi connectivity index (χ4v) is 4.23. The van der Waals surface area contributed by atoms with Gasteiger partial charge in [-0.05, 0) is 91.6 Å². The maximum absolute atomic E-state index is 12.9. The van der Waals surface area contributed by atoms with E-state index in [4.69, 9.17) is 9.47 Å². The third-order valence-electron chi connectivity index (χ3n) is 4.66. The predicted octanol–water partition coefficient (Wildman–Crippen LogP) is 5.14. The molecule has 0 heterocycles. The van der Waals surface area contributed by atoms with Crippen LogP contribution in [0.2, 0.25) is 0 Å². The van der Waals surface area contributed by atoms with Crippen LogP contribution in [-0.2, 0) is 14.6 Å². The van der Waals surface area contributed by atoms with E-state index in [-0.39, 0.29) is 10.8 Å². The molecule has 0 aromatic heterocycles. The predicted molar refractivity (Wildman–Crippen MR) is 110 cm³/mol. The van der Waals surface area contributed by atoms with E-state index in [1.54, 1.807) is 43.5 Å². The summed E-state index contributed by atoms with van der Waals surface area (Å²) < 4.78 is 36.9. The molecule has 3 rings (SSSR count). The van der Waals surface area contributed by atoms with E-state index in [1.165, 1.54) is 0 Å². The lowest BCUT2D eigenvalue weighted by Crippen LogP contribution is -2.03. The SMILES string of the molecule is COC1=C[C@@H](C)C=C(Oc2ccc(S(=O)(=O)c3ccc(C)c(C)c3)cc2)C=C1. The van der Waals surface area contributed by atoms with Crippen molar-refractivity contribution in [1.29, 1.82) is 0 Å². The summed E-state index contributed by atoms with van der Waals surface area (Å²) in [5.41, 5.74) is 2.01. The van der Waals surface area contributed by atoms with Crippen molar-refractivity contribution in [1.82, 2.24) is 0 Å². The highest BCUT2D eigenvalue weighted by Crippen LogP contribution is 2.26. The van der Waals surface area contributed by atoms with Gasteiger partial charge in [0.25, 0.3) is 0 Å². The van der Waals surface area contributed by atoms with Crippen molar-refractivity contribution in [2.75, 3.05) is 7.11 Å². The average Bonchev–Trinajstić information content (AvgIpc) is 2.85. The zero-order chi connectivity index (χ0) is 20.3. The molecule has 0 saturated carbocycles. The van der Waals surface area contributed by atoms with Crippen LogP contribution < -0.4 is 4.74 Å². The molecular formula is C23H24O4S. The minimum absolute atomic E-state index is 0.157. The number of rotatable bonds is 5. The second-order valence-corrected chi connectivity index (χ2v) is 8.81. The van der Waals surface area contributed by atoms with E-state index < -0.39 is 9.84 Å². The molecule has 0 bridgehead atoms. The summed E-state index contributed by atoms with van der Waals surface area (Å²) in [5, 5.41) is 0. The van der Waals surface area contributed by atoms with Crippen molar-refractivity contribution in [3.8, 4) is 5.75 Å². The van der Waals surface area contributed by atoms with Gasteiger partial charge >= 0.3 is 0 Å². The van der Waals surface area contributed by atoms with Gasteiger partial charge in [-0.25, -0.2) is 8.42 Å². The third kappa shape index (κ3) is 4.37. The largest absolute Gasteiger partial charge is 0.497 e. The molecule has 1 aliphatic rings. The first-order valence-electron chi connectivity index (χ1n) is 9.05. The van der Waals surface area contributed by atoms with Gasteiger partial charge in [-0.1, -0.05) is 13.0 Å². The highest BCUT2D eigenvalue weighted by atomic mass is 32.2. The Morgan fingerprint density at radius 3 is 2.07 bits per heavy atom. The molecule has 1 atom stereocenters. The molecule has 2 aromatic rings. The van der Waals surface area contributed by atoms with E-state index in [2.05, 4.69) is 0 Å². The summed E-state index contributed by atoms with van der Waals surface area (Å²) in [7, 11) is -1.93. The third-order valence-corrected chi connectivity index (χ3v) is 6.43. The number of sulfone groups is 1. The lowest BCUT2D eigenvalue weighted by molar-refractivity contribution is 0.304. The van der Waals surface area contributed by atoms with Crippen molar-refractivity contribution in [3.05, 3.63) is 89.4 Å². The summed E-state index contributed by atoms with van der Waals surface area (Å²) in [6.45, 7) is 5.90. The molecular weight excluding hydrogens is 372 g/mol. The molecule has 0 amide bonds. The minimum Gasteiger partial charge on any atom is -0.497 e. The normalized spacial score (nSPS) is 16.8. The first kappa shape index (κ1) is 20.0. The van der Waals surface area contributed by atoms with E-state index in [9.17, 15) is 8.42 Å². The van der Waals surface area contributed by atoms with Gasteiger partial charge in [0.2, 0.25) is 9.84 Å². The summed E-state index contributed by atoms with van der Waals surface area (Å²) in [6, 6.07) is 11.7. The summed E-state index contributed by atoms with van der Waals surface area (Å²) in [5.74, 6) is 2.19. The molecule has 28 heavy (non-hydrogen) atoms. The second-order valence-electron chi connectivity index (χ2n) is 6.86. The van der Waals surface area contributed by atoms with Crippen LogP contribution in [-0.4, -0.2) is 15.5 Å². The van der Waals surface area contributed by atoms with E-state index in [1.807, 2.05) is 51.1 Å². The maximum atomic E-state index is 12.9. The molecule has 5 heteroatoms. The van der Waals surface area contributed by atoms with Crippen molar-refractivity contribution >= 4 is 9.84 Å². The number of ether oxygens (including phenoxy) is 2. The Kier molecular flexibility index (Phi) is 5.75. The van der Waals surface area contributed by atoms with Gasteiger partial charge in [0.1, 0.15) is 17.3 Å². The van der Waals surface area contributed by atoms with Crippen LogP contribution in [0.15, 0.2) is 88.1 Å². The van der Waals surface area contributed by atoms with Gasteiger partial charge in [-0.2, -0.15) is 0 Å². The molecule has 1 aliphatic carbocycles. The van der Waals surface area contributed by atoms with Crippen molar-refractivity contribution in [2.24, 2.45) is 5.92 Å². The average molecular weight is 397 g/mol. The number of benzene rings is 2.